The number of nitrogens with zero attached hydrogens (tertiary/aromatic N) is 1. The van der Waals surface area contributed by atoms with E-state index in [0.29, 0.717) is 6.54 Å². The average Bonchev–Trinajstić information content (AvgIpc) is 2.48. The second-order valence-electron chi connectivity index (χ2n) is 4.51. The van der Waals surface area contributed by atoms with Crippen molar-refractivity contribution in [3.8, 4) is 5.75 Å². The first-order chi connectivity index (χ1) is 10.1. The average molecular weight is 295 g/mol. The summed E-state index contributed by atoms with van der Waals surface area (Å²) >= 11 is 0. The van der Waals surface area contributed by atoms with Crippen LogP contribution in [0.2, 0.25) is 0 Å². The van der Waals surface area contributed by atoms with Crippen molar-refractivity contribution in [3.05, 3.63) is 33.9 Å². The van der Waals surface area contributed by atoms with Gasteiger partial charge in [0.2, 0.25) is 5.91 Å². The van der Waals surface area contributed by atoms with Crippen molar-refractivity contribution in [1.82, 2.24) is 10.6 Å². The van der Waals surface area contributed by atoms with Gasteiger partial charge >= 0.3 is 5.69 Å². The minimum atomic E-state index is -0.474. The lowest BCUT2D eigenvalue weighted by molar-refractivity contribution is -0.385. The van der Waals surface area contributed by atoms with Crippen LogP contribution < -0.4 is 15.4 Å². The number of carbonyl (C=O) groups excluding carboxylic acids is 1. The molecule has 0 aliphatic heterocycles. The lowest BCUT2D eigenvalue weighted by Gasteiger charge is -2.08. The number of hydrogen-bond acceptors (Lipinski definition) is 5. The minimum absolute atomic E-state index is 0.0808. The quantitative estimate of drug-likeness (QED) is 0.410. The molecule has 0 atom stereocenters. The van der Waals surface area contributed by atoms with E-state index in [9.17, 15) is 14.9 Å². The number of nitro groups is 1. The topological polar surface area (TPSA) is 93.5 Å². The van der Waals surface area contributed by atoms with Gasteiger partial charge in [-0.15, -0.1) is 0 Å². The summed E-state index contributed by atoms with van der Waals surface area (Å²) in [6.07, 6.45) is 1.16. The molecule has 116 valence electrons. The molecule has 21 heavy (non-hydrogen) atoms. The Morgan fingerprint density at radius 2 is 2.19 bits per heavy atom. The third-order valence-electron chi connectivity index (χ3n) is 2.84. The SMILES string of the molecule is CCCNCc1ccc(OCCC(=O)NC)c([N+](=O)[O-])c1. The van der Waals surface area contributed by atoms with Gasteiger partial charge in [0, 0.05) is 19.7 Å². The molecule has 0 saturated heterocycles. The maximum atomic E-state index is 11.1. The Hall–Kier alpha value is -2.15. The summed E-state index contributed by atoms with van der Waals surface area (Å²) in [7, 11) is 1.53. The molecule has 0 aliphatic carbocycles. The summed E-state index contributed by atoms with van der Waals surface area (Å²) in [5, 5.41) is 16.7. The Morgan fingerprint density at radius 3 is 2.81 bits per heavy atom. The van der Waals surface area contributed by atoms with Crippen LogP contribution in [0.15, 0.2) is 18.2 Å². The summed E-state index contributed by atoms with van der Waals surface area (Å²) in [5.74, 6) is 0.0150. The lowest BCUT2D eigenvalue weighted by Crippen LogP contribution is -2.20. The Kier molecular flexibility index (Phi) is 7.17. The molecule has 0 unspecified atom stereocenters. The Balaban J connectivity index is 2.70. The smallest absolute Gasteiger partial charge is 0.311 e. The van der Waals surface area contributed by atoms with Crippen LogP contribution in [0.1, 0.15) is 25.3 Å². The number of hydrogen-bond donors (Lipinski definition) is 2. The number of benzene rings is 1. The monoisotopic (exact) mass is 295 g/mol. The minimum Gasteiger partial charge on any atom is -0.486 e. The van der Waals surface area contributed by atoms with Crippen molar-refractivity contribution in [3.63, 3.8) is 0 Å². The second kappa shape index (κ2) is 8.91. The van der Waals surface area contributed by atoms with Crippen molar-refractivity contribution in [2.24, 2.45) is 0 Å². The van der Waals surface area contributed by atoms with E-state index in [1.807, 2.05) is 0 Å². The van der Waals surface area contributed by atoms with Gasteiger partial charge < -0.3 is 15.4 Å². The zero-order chi connectivity index (χ0) is 15.7. The van der Waals surface area contributed by atoms with Crippen LogP contribution in [0.3, 0.4) is 0 Å². The molecular formula is C14H21N3O4. The highest BCUT2D eigenvalue weighted by molar-refractivity contribution is 5.75. The molecule has 0 bridgehead atoms. The highest BCUT2D eigenvalue weighted by atomic mass is 16.6. The van der Waals surface area contributed by atoms with Crippen molar-refractivity contribution in [2.75, 3.05) is 20.2 Å². The molecular weight excluding hydrogens is 274 g/mol. The van der Waals surface area contributed by atoms with Gasteiger partial charge in [-0.2, -0.15) is 0 Å². The van der Waals surface area contributed by atoms with Gasteiger partial charge in [0.15, 0.2) is 5.75 Å². The standard InChI is InChI=1S/C14H21N3O4/c1-3-7-16-10-11-4-5-13(12(9-11)17(19)20)21-8-6-14(18)15-2/h4-5,9,16H,3,6-8,10H2,1-2H3,(H,15,18). The predicted molar refractivity (Wildman–Crippen MR) is 79.3 cm³/mol. The summed E-state index contributed by atoms with van der Waals surface area (Å²) in [6, 6.07) is 4.85. The fourth-order valence-corrected chi connectivity index (χ4v) is 1.73. The van der Waals surface area contributed by atoms with Crippen LogP contribution >= 0.6 is 0 Å². The zero-order valence-electron chi connectivity index (χ0n) is 12.3. The molecule has 0 saturated carbocycles. The molecule has 1 aromatic rings. The third-order valence-corrected chi connectivity index (χ3v) is 2.84. The molecule has 1 amide bonds. The molecule has 0 aliphatic rings. The second-order valence-corrected chi connectivity index (χ2v) is 4.51. The summed E-state index contributed by atoms with van der Waals surface area (Å²) in [4.78, 5) is 21.7. The molecule has 1 aromatic carbocycles. The van der Waals surface area contributed by atoms with Gasteiger partial charge in [0.05, 0.1) is 18.0 Å². The number of rotatable bonds is 9. The van der Waals surface area contributed by atoms with Gasteiger partial charge in [-0.3, -0.25) is 14.9 Å². The number of nitrogens with one attached hydrogen (secondary N) is 2. The van der Waals surface area contributed by atoms with E-state index in [1.165, 1.54) is 13.1 Å². The molecule has 0 spiro atoms. The van der Waals surface area contributed by atoms with E-state index in [2.05, 4.69) is 17.6 Å². The van der Waals surface area contributed by atoms with Crippen LogP contribution in [-0.2, 0) is 11.3 Å². The normalized spacial score (nSPS) is 10.2. The van der Waals surface area contributed by atoms with Crippen molar-refractivity contribution in [1.29, 1.82) is 0 Å². The molecule has 0 fully saturated rings. The molecule has 7 heteroatoms. The molecule has 0 radical (unpaired) electrons. The van der Waals surface area contributed by atoms with Gasteiger partial charge in [-0.25, -0.2) is 0 Å². The van der Waals surface area contributed by atoms with Crippen LogP contribution in [0.25, 0.3) is 0 Å². The maximum Gasteiger partial charge on any atom is 0.311 e. The molecule has 0 heterocycles. The summed E-state index contributed by atoms with van der Waals surface area (Å²) in [5.41, 5.74) is 0.747. The lowest BCUT2D eigenvalue weighted by atomic mass is 10.2. The maximum absolute atomic E-state index is 11.1. The Bertz CT molecular complexity index is 491. The van der Waals surface area contributed by atoms with E-state index in [4.69, 9.17) is 4.74 Å². The molecule has 1 rings (SSSR count). The van der Waals surface area contributed by atoms with Crippen molar-refractivity contribution in [2.45, 2.75) is 26.3 Å². The number of carbonyl (C=O) groups is 1. The fourth-order valence-electron chi connectivity index (χ4n) is 1.73. The predicted octanol–water partition coefficient (Wildman–Crippen LogP) is 1.61. The third kappa shape index (κ3) is 5.78. The molecule has 7 nitrogen and oxygen atoms in total. The van der Waals surface area contributed by atoms with Crippen LogP contribution in [0.4, 0.5) is 5.69 Å². The largest absolute Gasteiger partial charge is 0.486 e. The number of ether oxygens (including phenoxy) is 1. The van der Waals surface area contributed by atoms with Crippen LogP contribution in [0, 0.1) is 10.1 Å². The zero-order valence-corrected chi connectivity index (χ0v) is 12.3. The first-order valence-electron chi connectivity index (χ1n) is 6.90. The van der Waals surface area contributed by atoms with E-state index in [1.54, 1.807) is 12.1 Å². The number of nitro benzene ring substituents is 1. The Morgan fingerprint density at radius 1 is 1.43 bits per heavy atom. The van der Waals surface area contributed by atoms with E-state index < -0.39 is 4.92 Å². The van der Waals surface area contributed by atoms with E-state index in [0.717, 1.165) is 18.5 Å². The molecule has 0 aromatic heterocycles. The van der Waals surface area contributed by atoms with Gasteiger partial charge in [0.25, 0.3) is 0 Å². The van der Waals surface area contributed by atoms with Crippen LogP contribution in [-0.4, -0.2) is 31.0 Å². The van der Waals surface area contributed by atoms with Crippen LogP contribution in [0.5, 0.6) is 5.75 Å². The van der Waals surface area contributed by atoms with Crippen molar-refractivity contribution < 1.29 is 14.5 Å². The first-order valence-corrected chi connectivity index (χ1v) is 6.90. The van der Waals surface area contributed by atoms with E-state index in [-0.39, 0.29) is 30.4 Å². The van der Waals surface area contributed by atoms with E-state index >= 15 is 0 Å². The Labute approximate surface area is 123 Å². The number of amides is 1. The summed E-state index contributed by atoms with van der Waals surface area (Å²) < 4.78 is 5.33. The highest BCUT2D eigenvalue weighted by Crippen LogP contribution is 2.28. The van der Waals surface area contributed by atoms with Crippen molar-refractivity contribution >= 4 is 11.6 Å². The molecule has 2 N–H and O–H groups in total. The highest BCUT2D eigenvalue weighted by Gasteiger charge is 2.16. The summed E-state index contributed by atoms with van der Waals surface area (Å²) in [6.45, 7) is 3.60. The van der Waals surface area contributed by atoms with Gasteiger partial charge in [-0.1, -0.05) is 13.0 Å². The van der Waals surface area contributed by atoms with Gasteiger partial charge in [0.1, 0.15) is 0 Å². The van der Waals surface area contributed by atoms with Gasteiger partial charge in [-0.05, 0) is 24.6 Å². The fraction of sp³-hybridized carbons (Fsp3) is 0.500. The first kappa shape index (κ1) is 16.9.